The first-order valence-electron chi connectivity index (χ1n) is 21.0. The summed E-state index contributed by atoms with van der Waals surface area (Å²) in [6.07, 6.45) is 2.34. The summed E-state index contributed by atoms with van der Waals surface area (Å²) in [5.41, 5.74) is 8.44. The Kier molecular flexibility index (Phi) is 15.1. The molecule has 0 spiro atoms. The molecule has 0 saturated heterocycles. The van der Waals surface area contributed by atoms with E-state index in [0.29, 0.717) is 11.8 Å². The molecule has 0 fully saturated rings. The SMILES string of the molecule is CCC(C)c1cc2c(-c3cc4ccccc4c4ccccc34)cccc2[cH-]1.CCC(C)c1cc2c(-c3cc4ccccc4c4ccccc34)cccc2[cH-]1.C[Si](C)=[Zr+2].[Cl-].[Cl-]. The molecule has 0 aromatic heterocycles. The van der Waals surface area contributed by atoms with Gasteiger partial charge in [-0.3, -0.25) is 0 Å². The van der Waals surface area contributed by atoms with Crippen molar-refractivity contribution < 1.29 is 48.1 Å². The Morgan fingerprint density at radius 1 is 0.417 bits per heavy atom. The first-order chi connectivity index (χ1) is 28.2. The third kappa shape index (κ3) is 9.15. The number of benzene rings is 8. The second kappa shape index (κ2) is 20.0. The molecule has 0 bridgehead atoms. The van der Waals surface area contributed by atoms with Gasteiger partial charge in [-0.2, -0.15) is 12.1 Å². The molecule has 0 saturated carbocycles. The Balaban J connectivity index is 0.000000179. The van der Waals surface area contributed by atoms with E-state index in [1.165, 1.54) is 111 Å². The van der Waals surface area contributed by atoms with E-state index in [1.807, 2.05) is 0 Å². The van der Waals surface area contributed by atoms with Crippen LogP contribution in [-0.4, -0.2) is 5.43 Å². The normalized spacial score (nSPS) is 12.0. The fourth-order valence-corrected chi connectivity index (χ4v) is 8.58. The van der Waals surface area contributed by atoms with Crippen LogP contribution in [0.25, 0.3) is 86.9 Å². The number of fused-ring (bicyclic) bond motifs is 8. The molecule has 0 radical (unpaired) electrons. The molecule has 0 N–H and O–H groups in total. The molecular formula is C56H52Cl2SiZr-2. The minimum Gasteiger partial charge on any atom is -1.00 e. The van der Waals surface area contributed by atoms with Crippen LogP contribution in [0.3, 0.4) is 0 Å². The van der Waals surface area contributed by atoms with Crippen molar-refractivity contribution in [2.45, 2.75) is 65.5 Å². The van der Waals surface area contributed by atoms with Crippen molar-refractivity contribution >= 4 is 70.1 Å². The molecule has 10 aromatic rings. The average molecular weight is 915 g/mol. The van der Waals surface area contributed by atoms with Gasteiger partial charge in [-0.25, -0.2) is 0 Å². The van der Waals surface area contributed by atoms with Crippen molar-refractivity contribution in [3.8, 4) is 22.3 Å². The van der Waals surface area contributed by atoms with Crippen LogP contribution in [0.15, 0.2) is 170 Å². The molecule has 60 heavy (non-hydrogen) atoms. The summed E-state index contributed by atoms with van der Waals surface area (Å²) in [6.45, 7) is 13.8. The second-order valence-corrected chi connectivity index (χ2v) is 25.6. The first-order valence-corrected chi connectivity index (χ1v) is 27.2. The van der Waals surface area contributed by atoms with Crippen molar-refractivity contribution in [2.75, 3.05) is 0 Å². The van der Waals surface area contributed by atoms with Crippen LogP contribution < -0.4 is 24.8 Å². The summed E-state index contributed by atoms with van der Waals surface area (Å²) in [6, 6.07) is 62.7. The van der Waals surface area contributed by atoms with E-state index < -0.39 is 0 Å². The zero-order chi connectivity index (χ0) is 40.3. The number of rotatable bonds is 6. The maximum atomic E-state index is 2.41. The summed E-state index contributed by atoms with van der Waals surface area (Å²) < 4.78 is 0. The van der Waals surface area contributed by atoms with Crippen LogP contribution in [0.4, 0.5) is 0 Å². The Hall–Kier alpha value is -4.30. The van der Waals surface area contributed by atoms with Crippen LogP contribution in [0.2, 0.25) is 13.1 Å². The molecule has 10 rings (SSSR count). The van der Waals surface area contributed by atoms with Gasteiger partial charge in [-0.05, 0) is 78.2 Å². The Labute approximate surface area is 384 Å². The van der Waals surface area contributed by atoms with Gasteiger partial charge in [-0.15, -0.1) is 69.1 Å². The Morgan fingerprint density at radius 2 is 0.750 bits per heavy atom. The van der Waals surface area contributed by atoms with E-state index in [-0.39, 0.29) is 30.2 Å². The number of halogens is 2. The Morgan fingerprint density at radius 3 is 1.12 bits per heavy atom. The molecule has 0 amide bonds. The third-order valence-corrected chi connectivity index (χ3v) is 12.0. The molecule has 10 aromatic carbocycles. The molecule has 300 valence electrons. The second-order valence-electron chi connectivity index (χ2n) is 16.2. The largest absolute Gasteiger partial charge is 1.00 e. The average Bonchev–Trinajstić information content (AvgIpc) is 3.91. The van der Waals surface area contributed by atoms with Crippen LogP contribution in [-0.2, 0) is 23.3 Å². The topological polar surface area (TPSA) is 0 Å². The zero-order valence-corrected chi connectivity index (χ0v) is 40.5. The molecule has 0 aliphatic rings. The molecule has 0 aliphatic heterocycles. The van der Waals surface area contributed by atoms with Crippen molar-refractivity contribution in [3.63, 3.8) is 0 Å². The van der Waals surface area contributed by atoms with Gasteiger partial charge >= 0.3 is 41.9 Å². The van der Waals surface area contributed by atoms with Crippen LogP contribution in [0, 0.1) is 0 Å². The molecule has 2 atom stereocenters. The van der Waals surface area contributed by atoms with Gasteiger partial charge in [0.1, 0.15) is 0 Å². The van der Waals surface area contributed by atoms with Crippen LogP contribution in [0.5, 0.6) is 0 Å². The zero-order valence-electron chi connectivity index (χ0n) is 35.5. The fraction of sp³-hybridized carbons (Fsp3) is 0.179. The van der Waals surface area contributed by atoms with E-state index >= 15 is 0 Å². The van der Waals surface area contributed by atoms with Crippen molar-refractivity contribution in [2.24, 2.45) is 0 Å². The fourth-order valence-electron chi connectivity index (χ4n) is 8.58. The monoisotopic (exact) mass is 912 g/mol. The van der Waals surface area contributed by atoms with Crippen LogP contribution >= 0.6 is 0 Å². The van der Waals surface area contributed by atoms with E-state index in [0.717, 1.165) is 0 Å². The van der Waals surface area contributed by atoms with Crippen molar-refractivity contribution in [3.05, 3.63) is 181 Å². The molecule has 0 nitrogen and oxygen atoms in total. The van der Waals surface area contributed by atoms with Gasteiger partial charge < -0.3 is 24.8 Å². The van der Waals surface area contributed by atoms with Crippen LogP contribution in [0.1, 0.15) is 63.5 Å². The van der Waals surface area contributed by atoms with Gasteiger partial charge in [-0.1, -0.05) is 161 Å². The van der Waals surface area contributed by atoms with E-state index in [9.17, 15) is 0 Å². The maximum absolute atomic E-state index is 2.41. The number of hydrogen-bond acceptors (Lipinski definition) is 0. The van der Waals surface area contributed by atoms with E-state index in [2.05, 4.69) is 211 Å². The molecule has 0 heterocycles. The smallest absolute Gasteiger partial charge is 1.00 e. The first kappa shape index (κ1) is 45.2. The standard InChI is InChI=1S/2C27H23.C2H6Si.2ClH.Zr/c2*1-3-18(2)21-15-19-10-8-14-25(26(19)17-21)27-16-20-9-4-5-11-22(20)23-12-6-7-13-24(23)27;1-3-2;;;/h2*4-18H,3H2,1-2H3;1-2H3;2*1H;/q2*-1;;;;+2/p-2. The van der Waals surface area contributed by atoms with Crippen molar-refractivity contribution in [1.82, 2.24) is 0 Å². The molecule has 0 aliphatic carbocycles. The predicted octanol–water partition coefficient (Wildman–Crippen LogP) is 10.9. The van der Waals surface area contributed by atoms with Gasteiger partial charge in [0.15, 0.2) is 0 Å². The quantitative estimate of drug-likeness (QED) is 0.0886. The summed E-state index contributed by atoms with van der Waals surface area (Å²) in [7, 11) is 0. The summed E-state index contributed by atoms with van der Waals surface area (Å²) in [5, 5.41) is 16.0. The van der Waals surface area contributed by atoms with Gasteiger partial charge in [0, 0.05) is 0 Å². The summed E-state index contributed by atoms with van der Waals surface area (Å²) >= 11 is 1.74. The number of hydrogen-bond donors (Lipinski definition) is 0. The summed E-state index contributed by atoms with van der Waals surface area (Å²) in [4.78, 5) is 0. The molecular weight excluding hydrogens is 863 g/mol. The van der Waals surface area contributed by atoms with E-state index in [4.69, 9.17) is 0 Å². The third-order valence-electron chi connectivity index (χ3n) is 12.0. The predicted molar refractivity (Wildman–Crippen MR) is 255 cm³/mol. The Bertz CT molecular complexity index is 2870. The minimum absolute atomic E-state index is 0. The minimum atomic E-state index is 0. The summed E-state index contributed by atoms with van der Waals surface area (Å²) in [5.74, 6) is 1.19. The maximum Gasteiger partial charge on any atom is -1.00 e. The molecule has 4 heteroatoms. The van der Waals surface area contributed by atoms with Gasteiger partial charge in [0.2, 0.25) is 0 Å². The van der Waals surface area contributed by atoms with E-state index in [1.54, 1.807) is 23.3 Å². The molecule has 2 unspecified atom stereocenters. The van der Waals surface area contributed by atoms with Crippen molar-refractivity contribution in [1.29, 1.82) is 0 Å². The van der Waals surface area contributed by atoms with Gasteiger partial charge in [0.25, 0.3) is 0 Å². The van der Waals surface area contributed by atoms with Gasteiger partial charge in [0.05, 0.1) is 0 Å².